The minimum atomic E-state index is -1.82. The van der Waals surface area contributed by atoms with Gasteiger partial charge in [0.25, 0.3) is 8.32 Å². The second-order valence-corrected chi connectivity index (χ2v) is 11.3. The molecule has 0 aliphatic heterocycles. The Morgan fingerprint density at radius 1 is 1.05 bits per heavy atom. The van der Waals surface area contributed by atoms with E-state index in [-0.39, 0.29) is 0 Å². The summed E-state index contributed by atoms with van der Waals surface area (Å²) in [6, 6.07) is 3.81. The van der Waals surface area contributed by atoms with Crippen LogP contribution in [-0.2, 0) is 4.43 Å². The van der Waals surface area contributed by atoms with E-state index < -0.39 is 8.32 Å². The van der Waals surface area contributed by atoms with Gasteiger partial charge in [-0.2, -0.15) is 10.2 Å². The number of aromatic nitrogens is 2. The van der Waals surface area contributed by atoms with Crippen LogP contribution in [0.25, 0.3) is 6.08 Å². The maximum absolute atomic E-state index is 6.31. The molecule has 0 bridgehead atoms. The smallest absolute Gasteiger partial charge is 0.257 e. The molecule has 1 rings (SSSR count). The lowest BCUT2D eigenvalue weighted by Gasteiger charge is -2.41. The zero-order valence-corrected chi connectivity index (χ0v) is 13.9. The highest BCUT2D eigenvalue weighted by Crippen LogP contribution is 2.42. The Bertz CT molecular complexity index is 380. The Kier molecular flexibility index (Phi) is 5.73. The van der Waals surface area contributed by atoms with E-state index in [1.807, 2.05) is 24.5 Å². The Hall–Kier alpha value is -1.16. The highest BCUT2D eigenvalue weighted by Gasteiger charge is 2.46. The second-order valence-electron chi connectivity index (χ2n) is 5.89. The van der Waals surface area contributed by atoms with Crippen molar-refractivity contribution in [3.8, 4) is 0 Å². The summed E-state index contributed by atoms with van der Waals surface area (Å²) in [4.78, 5) is 0. The first-order chi connectivity index (χ1) is 8.91. The van der Waals surface area contributed by atoms with Crippen molar-refractivity contribution in [2.24, 2.45) is 0 Å². The summed E-state index contributed by atoms with van der Waals surface area (Å²) in [6.45, 7) is 13.7. The zero-order chi connectivity index (χ0) is 14.5. The molecule has 106 valence electrons. The Labute approximate surface area is 118 Å². The van der Waals surface area contributed by atoms with E-state index in [1.165, 1.54) is 0 Å². The molecule has 0 atom stereocenters. The molecule has 0 radical (unpaired) electrons. The molecule has 0 aliphatic rings. The van der Waals surface area contributed by atoms with Gasteiger partial charge in [-0.15, -0.1) is 0 Å². The van der Waals surface area contributed by atoms with Crippen molar-refractivity contribution in [1.29, 1.82) is 0 Å². The van der Waals surface area contributed by atoms with Crippen LogP contribution >= 0.6 is 0 Å². The summed E-state index contributed by atoms with van der Waals surface area (Å²) in [5, 5.41) is 7.89. The van der Waals surface area contributed by atoms with Crippen molar-refractivity contribution in [2.75, 3.05) is 0 Å². The molecule has 1 aromatic heterocycles. The van der Waals surface area contributed by atoms with E-state index >= 15 is 0 Å². The highest BCUT2D eigenvalue weighted by molar-refractivity contribution is 6.77. The number of hydrogen-bond acceptors (Lipinski definition) is 3. The van der Waals surface area contributed by atoms with Crippen molar-refractivity contribution >= 4 is 14.4 Å². The number of rotatable bonds is 6. The van der Waals surface area contributed by atoms with Gasteiger partial charge in [-0.05, 0) is 34.8 Å². The molecule has 19 heavy (non-hydrogen) atoms. The van der Waals surface area contributed by atoms with Crippen LogP contribution in [0.4, 0.5) is 0 Å². The van der Waals surface area contributed by atoms with Gasteiger partial charge in [-0.3, -0.25) is 0 Å². The monoisotopic (exact) mass is 278 g/mol. The molecule has 0 fully saturated rings. The normalized spacial score (nSPS) is 12.9. The van der Waals surface area contributed by atoms with Crippen molar-refractivity contribution in [3.63, 3.8) is 0 Å². The minimum absolute atomic E-state index is 0.582. The van der Waals surface area contributed by atoms with E-state index in [2.05, 4.69) is 51.7 Å². The van der Waals surface area contributed by atoms with E-state index in [0.717, 1.165) is 5.69 Å². The average molecular weight is 278 g/mol. The third-order valence-electron chi connectivity index (χ3n) is 3.81. The summed E-state index contributed by atoms with van der Waals surface area (Å²) in [5.41, 5.74) is 2.58. The fraction of sp³-hybridized carbons (Fsp3) is 0.600. The van der Waals surface area contributed by atoms with Crippen LogP contribution in [0.1, 0.15) is 47.2 Å². The van der Waals surface area contributed by atoms with Gasteiger partial charge in [-0.1, -0.05) is 41.5 Å². The molecule has 0 spiro atoms. The van der Waals surface area contributed by atoms with Crippen LogP contribution < -0.4 is 0 Å². The molecule has 4 heteroatoms. The molecular weight excluding hydrogens is 252 g/mol. The Morgan fingerprint density at radius 3 is 2.05 bits per heavy atom. The van der Waals surface area contributed by atoms with Crippen molar-refractivity contribution < 1.29 is 4.43 Å². The van der Waals surface area contributed by atoms with Gasteiger partial charge in [0.1, 0.15) is 0 Å². The first-order valence-electron chi connectivity index (χ1n) is 7.03. The average Bonchev–Trinajstić information content (AvgIpc) is 2.34. The summed E-state index contributed by atoms with van der Waals surface area (Å²) < 4.78 is 6.31. The lowest BCUT2D eigenvalue weighted by atomic mass is 10.4. The molecule has 0 aliphatic carbocycles. The quantitative estimate of drug-likeness (QED) is 0.561. The van der Waals surface area contributed by atoms with E-state index in [9.17, 15) is 0 Å². The first kappa shape index (κ1) is 15.9. The third kappa shape index (κ3) is 3.66. The third-order valence-corrected chi connectivity index (χ3v) is 9.77. The van der Waals surface area contributed by atoms with E-state index in [1.54, 1.807) is 6.20 Å². The fourth-order valence-corrected chi connectivity index (χ4v) is 8.15. The topological polar surface area (TPSA) is 35.0 Å². The summed E-state index contributed by atoms with van der Waals surface area (Å²) in [5.74, 6) is 0. The first-order valence-corrected chi connectivity index (χ1v) is 9.17. The largest absolute Gasteiger partial charge is 0.548 e. The standard InChI is InChI=1S/C15H26N2OSi/c1-12(2)19(13(3)4,14(5)6)18-11-9-15-8-7-10-16-17-15/h7-14H,1-6H3. The minimum Gasteiger partial charge on any atom is -0.548 e. The van der Waals surface area contributed by atoms with Crippen LogP contribution in [0, 0.1) is 0 Å². The van der Waals surface area contributed by atoms with Gasteiger partial charge in [0.15, 0.2) is 0 Å². The summed E-state index contributed by atoms with van der Waals surface area (Å²) in [6.07, 6.45) is 5.41. The molecule has 3 nitrogen and oxygen atoms in total. The Balaban J connectivity index is 2.88. The van der Waals surface area contributed by atoms with E-state index in [4.69, 9.17) is 4.43 Å². The van der Waals surface area contributed by atoms with Gasteiger partial charge in [0, 0.05) is 6.20 Å². The van der Waals surface area contributed by atoms with Crippen LogP contribution in [0.5, 0.6) is 0 Å². The van der Waals surface area contributed by atoms with Crippen LogP contribution in [0.3, 0.4) is 0 Å². The van der Waals surface area contributed by atoms with Gasteiger partial charge >= 0.3 is 0 Å². The molecule has 0 aromatic carbocycles. The van der Waals surface area contributed by atoms with Gasteiger partial charge < -0.3 is 4.43 Å². The van der Waals surface area contributed by atoms with Gasteiger partial charge in [0.05, 0.1) is 12.0 Å². The lowest BCUT2D eigenvalue weighted by Crippen LogP contribution is -2.46. The molecule has 1 heterocycles. The molecular formula is C15H26N2OSi. The number of nitrogens with zero attached hydrogens (tertiary/aromatic N) is 2. The summed E-state index contributed by atoms with van der Waals surface area (Å²) >= 11 is 0. The predicted octanol–water partition coefficient (Wildman–Crippen LogP) is 4.64. The molecule has 0 saturated heterocycles. The van der Waals surface area contributed by atoms with Crippen molar-refractivity contribution in [3.05, 3.63) is 30.3 Å². The fourth-order valence-electron chi connectivity index (χ4n) is 3.03. The molecule has 1 aromatic rings. The van der Waals surface area contributed by atoms with Gasteiger partial charge in [0.2, 0.25) is 0 Å². The van der Waals surface area contributed by atoms with Crippen LogP contribution in [-0.4, -0.2) is 18.5 Å². The molecule has 0 amide bonds. The van der Waals surface area contributed by atoms with Crippen LogP contribution in [0.15, 0.2) is 24.6 Å². The number of hydrogen-bond donors (Lipinski definition) is 0. The molecule has 0 unspecified atom stereocenters. The molecule has 0 saturated carbocycles. The van der Waals surface area contributed by atoms with Crippen molar-refractivity contribution in [2.45, 2.75) is 58.2 Å². The lowest BCUT2D eigenvalue weighted by molar-refractivity contribution is 0.419. The highest BCUT2D eigenvalue weighted by atomic mass is 28.4. The van der Waals surface area contributed by atoms with E-state index in [0.29, 0.717) is 16.6 Å². The maximum Gasteiger partial charge on any atom is 0.257 e. The SMILES string of the molecule is CC(C)[Si](OC=Cc1cccnn1)(C(C)C)C(C)C. The second kappa shape index (κ2) is 6.85. The molecule has 0 N–H and O–H groups in total. The van der Waals surface area contributed by atoms with Crippen LogP contribution in [0.2, 0.25) is 16.6 Å². The zero-order valence-electron chi connectivity index (χ0n) is 12.9. The van der Waals surface area contributed by atoms with Gasteiger partial charge in [-0.25, -0.2) is 0 Å². The van der Waals surface area contributed by atoms with Crippen molar-refractivity contribution in [1.82, 2.24) is 10.2 Å². The Morgan fingerprint density at radius 2 is 1.63 bits per heavy atom. The summed E-state index contributed by atoms with van der Waals surface area (Å²) in [7, 11) is -1.82. The maximum atomic E-state index is 6.31. The predicted molar refractivity (Wildman–Crippen MR) is 83.2 cm³/mol.